The number of aromatic nitrogens is 2. The number of rotatable bonds is 1. The van der Waals surface area contributed by atoms with Gasteiger partial charge in [0.1, 0.15) is 0 Å². The van der Waals surface area contributed by atoms with E-state index in [0.29, 0.717) is 5.69 Å². The molecule has 0 aliphatic heterocycles. The van der Waals surface area contributed by atoms with Crippen LogP contribution in [0.4, 0.5) is 0 Å². The Morgan fingerprint density at radius 1 is 1.45 bits per heavy atom. The lowest BCUT2D eigenvalue weighted by Crippen LogP contribution is -1.93. The summed E-state index contributed by atoms with van der Waals surface area (Å²) >= 11 is 5.49. The average Bonchev–Trinajstić information content (AvgIpc) is 1.96. The minimum Gasteiger partial charge on any atom is -0.502 e. The smallest absolute Gasteiger partial charge is 0.261 e. The molecular formula is C6H7ClN2O2. The SMILES string of the molecule is COc1nc(Cl)nc(C)c1O. The third-order valence-electron chi connectivity index (χ3n) is 1.19. The van der Waals surface area contributed by atoms with E-state index in [4.69, 9.17) is 16.3 Å². The first-order valence-corrected chi connectivity index (χ1v) is 3.30. The fraction of sp³-hybridized carbons (Fsp3) is 0.333. The topological polar surface area (TPSA) is 55.2 Å². The summed E-state index contributed by atoms with van der Waals surface area (Å²) in [5, 5.41) is 9.28. The van der Waals surface area contributed by atoms with E-state index in [-0.39, 0.29) is 16.9 Å². The van der Waals surface area contributed by atoms with Gasteiger partial charge in [-0.15, -0.1) is 0 Å². The van der Waals surface area contributed by atoms with Gasteiger partial charge in [-0.25, -0.2) is 4.98 Å². The Labute approximate surface area is 68.8 Å². The summed E-state index contributed by atoms with van der Waals surface area (Å²) in [6.45, 7) is 1.62. The molecule has 1 heterocycles. The molecule has 0 saturated carbocycles. The maximum atomic E-state index is 9.21. The van der Waals surface area contributed by atoms with Crippen molar-refractivity contribution in [2.45, 2.75) is 6.92 Å². The van der Waals surface area contributed by atoms with Gasteiger partial charge in [0.05, 0.1) is 12.8 Å². The summed E-state index contributed by atoms with van der Waals surface area (Å²) in [6.07, 6.45) is 0. The van der Waals surface area contributed by atoms with Crippen LogP contribution < -0.4 is 4.74 Å². The van der Waals surface area contributed by atoms with Crippen molar-refractivity contribution in [3.8, 4) is 11.6 Å². The van der Waals surface area contributed by atoms with Gasteiger partial charge in [-0.2, -0.15) is 4.98 Å². The van der Waals surface area contributed by atoms with Gasteiger partial charge in [0.25, 0.3) is 5.88 Å². The van der Waals surface area contributed by atoms with Crippen molar-refractivity contribution in [2.24, 2.45) is 0 Å². The molecule has 1 aromatic heterocycles. The lowest BCUT2D eigenvalue weighted by molar-refractivity contribution is 0.354. The predicted molar refractivity (Wildman–Crippen MR) is 40.0 cm³/mol. The molecule has 0 saturated heterocycles. The number of hydrogen-bond acceptors (Lipinski definition) is 4. The van der Waals surface area contributed by atoms with Crippen molar-refractivity contribution < 1.29 is 9.84 Å². The Hall–Kier alpha value is -1.03. The van der Waals surface area contributed by atoms with E-state index in [1.165, 1.54) is 7.11 Å². The Morgan fingerprint density at radius 2 is 2.09 bits per heavy atom. The minimum atomic E-state index is -0.0723. The summed E-state index contributed by atoms with van der Waals surface area (Å²) in [5.41, 5.74) is 0.404. The first-order chi connectivity index (χ1) is 5.15. The number of nitrogens with zero attached hydrogens (tertiary/aromatic N) is 2. The molecule has 0 fully saturated rings. The number of methoxy groups -OCH3 is 1. The first kappa shape index (κ1) is 8.07. The molecule has 5 heteroatoms. The Bertz CT molecular complexity index is 278. The summed E-state index contributed by atoms with van der Waals surface area (Å²) < 4.78 is 4.72. The van der Waals surface area contributed by atoms with Crippen LogP contribution in [0.5, 0.6) is 11.6 Å². The number of aryl methyl sites for hydroxylation is 1. The van der Waals surface area contributed by atoms with Gasteiger partial charge in [-0.3, -0.25) is 0 Å². The van der Waals surface area contributed by atoms with E-state index in [2.05, 4.69) is 9.97 Å². The molecule has 0 radical (unpaired) electrons. The summed E-state index contributed by atoms with van der Waals surface area (Å²) in [7, 11) is 1.40. The maximum absolute atomic E-state index is 9.21. The van der Waals surface area contributed by atoms with Gasteiger partial charge in [-0.05, 0) is 18.5 Å². The molecule has 1 rings (SSSR count). The normalized spacial score (nSPS) is 9.73. The number of ether oxygens (including phenoxy) is 1. The number of halogens is 1. The Morgan fingerprint density at radius 3 is 2.64 bits per heavy atom. The van der Waals surface area contributed by atoms with Crippen LogP contribution in [-0.2, 0) is 0 Å². The van der Waals surface area contributed by atoms with Crippen LogP contribution in [0.2, 0.25) is 5.28 Å². The van der Waals surface area contributed by atoms with Crippen LogP contribution >= 0.6 is 11.6 Å². The van der Waals surface area contributed by atoms with Gasteiger partial charge < -0.3 is 9.84 Å². The average molecular weight is 175 g/mol. The van der Waals surface area contributed by atoms with E-state index in [9.17, 15) is 5.11 Å². The fourth-order valence-electron chi connectivity index (χ4n) is 0.650. The molecule has 0 aliphatic carbocycles. The molecule has 4 nitrogen and oxygen atoms in total. The lowest BCUT2D eigenvalue weighted by atomic mass is 10.4. The van der Waals surface area contributed by atoms with E-state index in [0.717, 1.165) is 0 Å². The first-order valence-electron chi connectivity index (χ1n) is 2.92. The van der Waals surface area contributed by atoms with Gasteiger partial charge >= 0.3 is 0 Å². The standard InChI is InChI=1S/C6H7ClN2O2/c1-3-4(10)5(11-2)9-6(7)8-3/h10H,1-2H3. The molecule has 0 amide bonds. The molecule has 0 atom stereocenters. The quantitative estimate of drug-likeness (QED) is 0.649. The molecule has 0 aliphatic rings. The van der Waals surface area contributed by atoms with Crippen molar-refractivity contribution in [1.82, 2.24) is 9.97 Å². The highest BCUT2D eigenvalue weighted by Gasteiger charge is 2.08. The van der Waals surface area contributed by atoms with Crippen LogP contribution in [0, 0.1) is 6.92 Å². The van der Waals surface area contributed by atoms with Crippen LogP contribution in [-0.4, -0.2) is 22.2 Å². The van der Waals surface area contributed by atoms with Crippen LogP contribution in [0.15, 0.2) is 0 Å². The third kappa shape index (κ3) is 1.51. The van der Waals surface area contributed by atoms with Gasteiger partial charge in [-0.1, -0.05) is 0 Å². The third-order valence-corrected chi connectivity index (χ3v) is 1.36. The Kier molecular flexibility index (Phi) is 2.14. The zero-order valence-electron chi connectivity index (χ0n) is 6.13. The van der Waals surface area contributed by atoms with Crippen molar-refractivity contribution >= 4 is 11.6 Å². The number of aromatic hydroxyl groups is 1. The molecule has 0 unspecified atom stereocenters. The van der Waals surface area contributed by atoms with Gasteiger partial charge in [0, 0.05) is 0 Å². The van der Waals surface area contributed by atoms with Crippen molar-refractivity contribution in [1.29, 1.82) is 0 Å². The molecule has 1 aromatic rings. The zero-order valence-corrected chi connectivity index (χ0v) is 6.88. The van der Waals surface area contributed by atoms with Crippen LogP contribution in [0.25, 0.3) is 0 Å². The van der Waals surface area contributed by atoms with Gasteiger partial charge in [0.15, 0.2) is 5.75 Å². The highest BCUT2D eigenvalue weighted by atomic mass is 35.5. The zero-order chi connectivity index (χ0) is 8.43. The van der Waals surface area contributed by atoms with Crippen molar-refractivity contribution in [3.63, 3.8) is 0 Å². The highest BCUT2D eigenvalue weighted by Crippen LogP contribution is 2.26. The Balaban J connectivity index is 3.24. The monoisotopic (exact) mass is 174 g/mol. The summed E-state index contributed by atoms with van der Waals surface area (Å²) in [4.78, 5) is 7.34. The molecule has 1 N–H and O–H groups in total. The molecule has 11 heavy (non-hydrogen) atoms. The van der Waals surface area contributed by atoms with Crippen LogP contribution in [0.1, 0.15) is 5.69 Å². The van der Waals surface area contributed by atoms with Crippen molar-refractivity contribution in [2.75, 3.05) is 7.11 Å². The molecule has 0 aromatic carbocycles. The molecule has 0 bridgehead atoms. The second-order valence-corrected chi connectivity index (χ2v) is 2.27. The minimum absolute atomic E-state index is 0.0668. The second kappa shape index (κ2) is 2.92. The summed E-state index contributed by atoms with van der Waals surface area (Å²) in [5.74, 6) is 0.0272. The number of hydrogen-bond donors (Lipinski definition) is 1. The van der Waals surface area contributed by atoms with Crippen LogP contribution in [0.3, 0.4) is 0 Å². The summed E-state index contributed by atoms with van der Waals surface area (Å²) in [6, 6.07) is 0. The highest BCUT2D eigenvalue weighted by molar-refractivity contribution is 6.28. The largest absolute Gasteiger partial charge is 0.502 e. The van der Waals surface area contributed by atoms with E-state index < -0.39 is 0 Å². The molecular weight excluding hydrogens is 168 g/mol. The van der Waals surface area contributed by atoms with Crippen molar-refractivity contribution in [3.05, 3.63) is 11.0 Å². The molecule has 0 spiro atoms. The van der Waals surface area contributed by atoms with E-state index in [1.807, 2.05) is 0 Å². The molecule has 60 valence electrons. The van der Waals surface area contributed by atoms with Gasteiger partial charge in [0.2, 0.25) is 5.28 Å². The van der Waals surface area contributed by atoms with E-state index >= 15 is 0 Å². The second-order valence-electron chi connectivity index (χ2n) is 1.94. The fourth-order valence-corrected chi connectivity index (χ4v) is 0.854. The predicted octanol–water partition coefficient (Wildman–Crippen LogP) is 1.15. The van der Waals surface area contributed by atoms with E-state index in [1.54, 1.807) is 6.92 Å². The maximum Gasteiger partial charge on any atom is 0.261 e. The lowest BCUT2D eigenvalue weighted by Gasteiger charge is -2.03.